The third kappa shape index (κ3) is 5.97. The standard InChI is InChI=1S/C23H30N6O2/c1-18-5-2-3-7-22(18)25-23(30)24-19-8-10-21(11-9-19)29-17-20(26-27-29)6-4-12-28-13-15-31-16-14-28/h2-3,5,7-11,17,26-27H,4,6,12-16H2,1H3,(H2,24,25,30). The predicted molar refractivity (Wildman–Crippen MR) is 124 cm³/mol. The quantitative estimate of drug-likeness (QED) is 0.548. The van der Waals surface area contributed by atoms with Gasteiger partial charge in [0.2, 0.25) is 0 Å². The smallest absolute Gasteiger partial charge is 0.323 e. The Hall–Kier alpha value is -3.07. The molecule has 2 aliphatic heterocycles. The van der Waals surface area contributed by atoms with Crippen molar-refractivity contribution in [3.63, 3.8) is 0 Å². The van der Waals surface area contributed by atoms with Gasteiger partial charge in [-0.15, -0.1) is 5.53 Å². The third-order valence-corrected chi connectivity index (χ3v) is 5.44. The number of nitrogens with zero attached hydrogens (tertiary/aromatic N) is 2. The first-order valence-electron chi connectivity index (χ1n) is 10.7. The second-order valence-electron chi connectivity index (χ2n) is 7.76. The fourth-order valence-electron chi connectivity index (χ4n) is 3.64. The van der Waals surface area contributed by atoms with E-state index in [1.165, 1.54) is 0 Å². The van der Waals surface area contributed by atoms with Crippen molar-refractivity contribution >= 4 is 23.1 Å². The molecule has 0 aliphatic carbocycles. The number of nitrogens with one attached hydrogen (secondary N) is 4. The average molecular weight is 423 g/mol. The fourth-order valence-corrected chi connectivity index (χ4v) is 3.64. The summed E-state index contributed by atoms with van der Waals surface area (Å²) >= 11 is 0. The van der Waals surface area contributed by atoms with E-state index in [0.717, 1.165) is 74.0 Å². The van der Waals surface area contributed by atoms with Crippen LogP contribution in [0.4, 0.5) is 21.9 Å². The molecule has 4 rings (SSSR count). The van der Waals surface area contributed by atoms with Crippen molar-refractivity contribution in [2.24, 2.45) is 0 Å². The molecule has 2 aromatic carbocycles. The SMILES string of the molecule is Cc1ccccc1NC(=O)Nc1ccc(N2C=C(CCCN3CCOCC3)NN2)cc1. The van der Waals surface area contributed by atoms with Gasteiger partial charge in [0.25, 0.3) is 0 Å². The lowest BCUT2D eigenvalue weighted by Crippen LogP contribution is -2.37. The zero-order valence-corrected chi connectivity index (χ0v) is 17.9. The zero-order valence-electron chi connectivity index (χ0n) is 17.9. The van der Waals surface area contributed by atoms with Crippen LogP contribution in [-0.4, -0.2) is 43.8 Å². The van der Waals surface area contributed by atoms with Crippen molar-refractivity contribution < 1.29 is 9.53 Å². The van der Waals surface area contributed by atoms with Crippen molar-refractivity contribution in [3.8, 4) is 0 Å². The first kappa shape index (κ1) is 21.2. The van der Waals surface area contributed by atoms with Gasteiger partial charge in [-0.05, 0) is 62.2 Å². The van der Waals surface area contributed by atoms with Crippen LogP contribution in [0.2, 0.25) is 0 Å². The van der Waals surface area contributed by atoms with Crippen molar-refractivity contribution in [1.29, 1.82) is 0 Å². The van der Waals surface area contributed by atoms with Crippen molar-refractivity contribution in [1.82, 2.24) is 15.9 Å². The van der Waals surface area contributed by atoms with Crippen molar-refractivity contribution in [2.75, 3.05) is 48.5 Å². The minimum absolute atomic E-state index is 0.259. The van der Waals surface area contributed by atoms with E-state index in [4.69, 9.17) is 4.74 Å². The number of morpholine rings is 1. The van der Waals surface area contributed by atoms with Gasteiger partial charge in [0.15, 0.2) is 0 Å². The van der Waals surface area contributed by atoms with Crippen LogP contribution in [0, 0.1) is 6.92 Å². The Morgan fingerprint density at radius 1 is 1.06 bits per heavy atom. The molecule has 0 aromatic heterocycles. The van der Waals surface area contributed by atoms with Crippen LogP contribution < -0.4 is 26.6 Å². The van der Waals surface area contributed by atoms with Gasteiger partial charge in [-0.2, -0.15) is 0 Å². The number of carbonyl (C=O) groups excluding carboxylic acids is 1. The molecule has 2 amide bonds. The maximum atomic E-state index is 12.3. The van der Waals surface area contributed by atoms with Crippen LogP contribution in [0.3, 0.4) is 0 Å². The molecule has 0 atom stereocenters. The van der Waals surface area contributed by atoms with E-state index in [1.54, 1.807) is 0 Å². The lowest BCUT2D eigenvalue weighted by atomic mass is 10.2. The summed E-state index contributed by atoms with van der Waals surface area (Å²) in [6.07, 6.45) is 4.17. The molecule has 31 heavy (non-hydrogen) atoms. The third-order valence-electron chi connectivity index (χ3n) is 5.44. The maximum Gasteiger partial charge on any atom is 0.323 e. The molecule has 0 bridgehead atoms. The number of rotatable bonds is 7. The Morgan fingerprint density at radius 2 is 1.84 bits per heavy atom. The summed E-state index contributed by atoms with van der Waals surface area (Å²) in [5.74, 6) is 0. The van der Waals surface area contributed by atoms with Gasteiger partial charge >= 0.3 is 6.03 Å². The molecule has 1 fully saturated rings. The van der Waals surface area contributed by atoms with Crippen LogP contribution in [0.5, 0.6) is 0 Å². The van der Waals surface area contributed by atoms with E-state index in [9.17, 15) is 4.79 Å². The number of hydrazine groups is 2. The Labute approximate surface area is 183 Å². The average Bonchev–Trinajstić information content (AvgIpc) is 3.25. The zero-order chi connectivity index (χ0) is 21.5. The molecule has 0 unspecified atom stereocenters. The van der Waals surface area contributed by atoms with Gasteiger partial charge in [-0.25, -0.2) is 4.79 Å². The molecule has 8 nitrogen and oxygen atoms in total. The number of ether oxygens (including phenoxy) is 1. The number of hydrogen-bond acceptors (Lipinski definition) is 6. The first-order valence-corrected chi connectivity index (χ1v) is 10.7. The molecule has 2 heterocycles. The summed E-state index contributed by atoms with van der Waals surface area (Å²) in [5.41, 5.74) is 11.1. The summed E-state index contributed by atoms with van der Waals surface area (Å²) in [7, 11) is 0. The highest BCUT2D eigenvalue weighted by Gasteiger charge is 2.14. The maximum absolute atomic E-state index is 12.3. The van der Waals surface area contributed by atoms with Gasteiger partial charge in [0, 0.05) is 36.4 Å². The molecule has 164 valence electrons. The first-order chi connectivity index (χ1) is 15.2. The number of hydrogen-bond donors (Lipinski definition) is 4. The van der Waals surface area contributed by atoms with Crippen LogP contribution >= 0.6 is 0 Å². The number of allylic oxidation sites excluding steroid dienone is 1. The topological polar surface area (TPSA) is 80.9 Å². The highest BCUT2D eigenvalue weighted by atomic mass is 16.5. The molecule has 0 spiro atoms. The second-order valence-corrected chi connectivity index (χ2v) is 7.76. The molecule has 0 radical (unpaired) electrons. The molecule has 0 saturated carbocycles. The number of amides is 2. The second kappa shape index (κ2) is 10.3. The molecular weight excluding hydrogens is 392 g/mol. The van der Waals surface area contributed by atoms with Crippen LogP contribution in [-0.2, 0) is 4.74 Å². The number of para-hydroxylation sites is 1. The number of urea groups is 1. The van der Waals surface area contributed by atoms with Crippen LogP contribution in [0.15, 0.2) is 60.4 Å². The van der Waals surface area contributed by atoms with E-state index in [1.807, 2.05) is 60.5 Å². The summed E-state index contributed by atoms with van der Waals surface area (Å²) < 4.78 is 5.39. The highest BCUT2D eigenvalue weighted by molar-refractivity contribution is 6.00. The monoisotopic (exact) mass is 422 g/mol. The van der Waals surface area contributed by atoms with E-state index < -0.39 is 0 Å². The van der Waals surface area contributed by atoms with Gasteiger partial charge in [-0.1, -0.05) is 18.2 Å². The number of carbonyl (C=O) groups is 1. The Kier molecular flexibility index (Phi) is 7.03. The van der Waals surface area contributed by atoms with Crippen molar-refractivity contribution in [3.05, 3.63) is 66.0 Å². The van der Waals surface area contributed by atoms with E-state index >= 15 is 0 Å². The molecular formula is C23H30N6O2. The van der Waals surface area contributed by atoms with Crippen LogP contribution in [0.1, 0.15) is 18.4 Å². The largest absolute Gasteiger partial charge is 0.379 e. The Balaban J connectivity index is 1.25. The highest BCUT2D eigenvalue weighted by Crippen LogP contribution is 2.21. The molecule has 1 saturated heterocycles. The lowest BCUT2D eigenvalue weighted by Gasteiger charge is -2.26. The molecule has 2 aromatic rings. The fraction of sp³-hybridized carbons (Fsp3) is 0.348. The molecule has 4 N–H and O–H groups in total. The van der Waals surface area contributed by atoms with Gasteiger partial charge in [0.05, 0.1) is 18.9 Å². The van der Waals surface area contributed by atoms with E-state index in [0.29, 0.717) is 0 Å². The minimum Gasteiger partial charge on any atom is -0.379 e. The summed E-state index contributed by atoms with van der Waals surface area (Å²) in [6, 6.07) is 15.1. The number of anilines is 3. The summed E-state index contributed by atoms with van der Waals surface area (Å²) in [6.45, 7) is 6.79. The predicted octanol–water partition coefficient (Wildman–Crippen LogP) is 3.42. The van der Waals surface area contributed by atoms with Crippen LogP contribution in [0.25, 0.3) is 0 Å². The normalized spacial score (nSPS) is 16.5. The molecule has 8 heteroatoms. The summed E-state index contributed by atoms with van der Waals surface area (Å²) in [4.78, 5) is 14.7. The van der Waals surface area contributed by atoms with Gasteiger partial charge in [-0.3, -0.25) is 9.91 Å². The lowest BCUT2D eigenvalue weighted by molar-refractivity contribution is 0.0374. The minimum atomic E-state index is -0.259. The Morgan fingerprint density at radius 3 is 2.61 bits per heavy atom. The van der Waals surface area contributed by atoms with E-state index in [-0.39, 0.29) is 6.03 Å². The van der Waals surface area contributed by atoms with E-state index in [2.05, 4.69) is 32.7 Å². The Bertz CT molecular complexity index is 909. The summed E-state index contributed by atoms with van der Waals surface area (Å²) in [5, 5.41) is 7.69. The number of benzene rings is 2. The number of aryl methyl sites for hydroxylation is 1. The molecule has 2 aliphatic rings. The van der Waals surface area contributed by atoms with Gasteiger partial charge in [0.1, 0.15) is 0 Å². The van der Waals surface area contributed by atoms with Gasteiger partial charge < -0.3 is 20.8 Å². The van der Waals surface area contributed by atoms with Crippen molar-refractivity contribution in [2.45, 2.75) is 19.8 Å².